The second kappa shape index (κ2) is 4.51. The lowest BCUT2D eigenvalue weighted by Gasteiger charge is -2.07. The molecule has 1 aromatic rings. The molecule has 0 fully saturated rings. The van der Waals surface area contributed by atoms with Gasteiger partial charge in [-0.15, -0.1) is 0 Å². The van der Waals surface area contributed by atoms with Crippen molar-refractivity contribution in [3.63, 3.8) is 0 Å². The Bertz CT molecular complexity index is 432. The number of hydrogen-bond donors (Lipinski definition) is 1. The van der Waals surface area contributed by atoms with Crippen LogP contribution in [0.2, 0.25) is 10.0 Å². The van der Waals surface area contributed by atoms with Crippen molar-refractivity contribution in [2.24, 2.45) is 5.73 Å². The smallest absolute Gasteiger partial charge is 0.340 e. The van der Waals surface area contributed by atoms with Gasteiger partial charge in [0, 0.05) is 0 Å². The van der Waals surface area contributed by atoms with Gasteiger partial charge in [-0.05, 0) is 12.1 Å². The van der Waals surface area contributed by atoms with E-state index in [1.54, 1.807) is 0 Å². The first-order valence-electron chi connectivity index (χ1n) is 3.85. The molecule has 0 aliphatic rings. The van der Waals surface area contributed by atoms with E-state index in [9.17, 15) is 9.59 Å². The highest BCUT2D eigenvalue weighted by Crippen LogP contribution is 2.28. The number of nitrogens with two attached hydrogens (primary N) is 1. The fraction of sp³-hybridized carbons (Fsp3) is 0.111. The Morgan fingerprint density at radius 3 is 2.40 bits per heavy atom. The Kier molecular flexibility index (Phi) is 3.55. The van der Waals surface area contributed by atoms with Crippen molar-refractivity contribution in [3.8, 4) is 0 Å². The standard InChI is InChI=1S/C9H7Cl2NO3/c1-15-9(14)6-5(10)3-2-4(7(6)11)8(12)13/h2-3H,1H3,(H2,12,13). The number of ether oxygens (including phenoxy) is 1. The number of carbonyl (C=O) groups is 2. The molecule has 0 spiro atoms. The third kappa shape index (κ3) is 2.22. The van der Waals surface area contributed by atoms with Crippen LogP contribution in [0.25, 0.3) is 0 Å². The number of amides is 1. The van der Waals surface area contributed by atoms with Gasteiger partial charge in [-0.2, -0.15) is 0 Å². The second-order valence-electron chi connectivity index (χ2n) is 2.64. The molecule has 0 aliphatic carbocycles. The minimum atomic E-state index is -0.734. The first kappa shape index (κ1) is 11.8. The average Bonchev–Trinajstić information content (AvgIpc) is 2.16. The predicted octanol–water partition coefficient (Wildman–Crippen LogP) is 1.88. The van der Waals surface area contributed by atoms with Crippen LogP contribution in [0.15, 0.2) is 12.1 Å². The first-order chi connectivity index (χ1) is 6.99. The van der Waals surface area contributed by atoms with Gasteiger partial charge in [0.25, 0.3) is 0 Å². The third-order valence-electron chi connectivity index (χ3n) is 1.75. The molecule has 15 heavy (non-hydrogen) atoms. The summed E-state index contributed by atoms with van der Waals surface area (Å²) in [5, 5.41) is 0.0127. The van der Waals surface area contributed by atoms with E-state index < -0.39 is 11.9 Å². The summed E-state index contributed by atoms with van der Waals surface area (Å²) in [6.45, 7) is 0. The highest BCUT2D eigenvalue weighted by atomic mass is 35.5. The molecule has 0 heterocycles. The van der Waals surface area contributed by atoms with Gasteiger partial charge in [-0.25, -0.2) is 4.79 Å². The van der Waals surface area contributed by atoms with Gasteiger partial charge < -0.3 is 10.5 Å². The van der Waals surface area contributed by atoms with Crippen molar-refractivity contribution in [1.82, 2.24) is 0 Å². The van der Waals surface area contributed by atoms with Gasteiger partial charge in [-0.3, -0.25) is 4.79 Å². The minimum Gasteiger partial charge on any atom is -0.465 e. The summed E-state index contributed by atoms with van der Waals surface area (Å²) in [6, 6.07) is 2.71. The number of primary amides is 1. The number of rotatable bonds is 2. The maximum Gasteiger partial charge on any atom is 0.340 e. The monoisotopic (exact) mass is 247 g/mol. The molecule has 80 valence electrons. The maximum atomic E-state index is 11.3. The lowest BCUT2D eigenvalue weighted by molar-refractivity contribution is 0.0601. The molecular formula is C9H7Cl2NO3. The quantitative estimate of drug-likeness (QED) is 0.812. The Hall–Kier alpha value is -1.26. The fourth-order valence-corrected chi connectivity index (χ4v) is 1.65. The van der Waals surface area contributed by atoms with Crippen molar-refractivity contribution >= 4 is 35.1 Å². The maximum absolute atomic E-state index is 11.3. The lowest BCUT2D eigenvalue weighted by Crippen LogP contribution is -2.14. The van der Waals surface area contributed by atoms with Crippen LogP contribution in [0, 0.1) is 0 Å². The van der Waals surface area contributed by atoms with Crippen LogP contribution in [-0.4, -0.2) is 19.0 Å². The van der Waals surface area contributed by atoms with E-state index in [1.807, 2.05) is 0 Å². The lowest BCUT2D eigenvalue weighted by atomic mass is 10.1. The highest BCUT2D eigenvalue weighted by molar-refractivity contribution is 6.41. The van der Waals surface area contributed by atoms with E-state index in [0.29, 0.717) is 0 Å². The normalized spacial score (nSPS) is 9.80. The van der Waals surface area contributed by atoms with E-state index >= 15 is 0 Å². The van der Waals surface area contributed by atoms with Gasteiger partial charge in [0.05, 0.1) is 28.3 Å². The Labute approximate surface area is 95.9 Å². The van der Waals surface area contributed by atoms with Crippen LogP contribution in [0.3, 0.4) is 0 Å². The van der Waals surface area contributed by atoms with Crippen molar-refractivity contribution in [3.05, 3.63) is 33.3 Å². The summed E-state index contributed by atoms with van der Waals surface area (Å²) in [6.07, 6.45) is 0. The molecule has 0 bridgehead atoms. The minimum absolute atomic E-state index is 0.0291. The third-order valence-corrected chi connectivity index (χ3v) is 2.45. The number of halogens is 2. The number of carbonyl (C=O) groups excluding carboxylic acids is 2. The summed E-state index contributed by atoms with van der Waals surface area (Å²) in [7, 11) is 1.19. The van der Waals surface area contributed by atoms with Gasteiger partial charge in [0.1, 0.15) is 0 Å². The van der Waals surface area contributed by atoms with E-state index in [1.165, 1.54) is 19.2 Å². The summed E-state index contributed by atoms with van der Waals surface area (Å²) in [5.41, 5.74) is 5.03. The zero-order valence-corrected chi connectivity index (χ0v) is 9.22. The van der Waals surface area contributed by atoms with Crippen molar-refractivity contribution in [1.29, 1.82) is 0 Å². The predicted molar refractivity (Wildman–Crippen MR) is 56.3 cm³/mol. The average molecular weight is 248 g/mol. The van der Waals surface area contributed by atoms with Crippen LogP contribution >= 0.6 is 23.2 Å². The van der Waals surface area contributed by atoms with Crippen molar-refractivity contribution < 1.29 is 14.3 Å². The summed E-state index contributed by atoms with van der Waals surface area (Å²) in [5.74, 6) is -1.45. The molecule has 1 aromatic carbocycles. The van der Waals surface area contributed by atoms with Crippen LogP contribution in [0.4, 0.5) is 0 Å². The van der Waals surface area contributed by atoms with Gasteiger partial charge >= 0.3 is 5.97 Å². The Morgan fingerprint density at radius 1 is 1.33 bits per heavy atom. The van der Waals surface area contributed by atoms with Crippen LogP contribution in [0.5, 0.6) is 0 Å². The molecule has 0 atom stereocenters. The summed E-state index contributed by atoms with van der Waals surface area (Å²) in [4.78, 5) is 22.2. The number of esters is 1. The molecule has 0 saturated heterocycles. The van der Waals surface area contributed by atoms with Crippen LogP contribution in [0.1, 0.15) is 20.7 Å². The molecule has 0 aromatic heterocycles. The first-order valence-corrected chi connectivity index (χ1v) is 4.60. The van der Waals surface area contributed by atoms with E-state index in [2.05, 4.69) is 4.74 Å². The van der Waals surface area contributed by atoms with E-state index in [-0.39, 0.29) is 21.2 Å². The second-order valence-corrected chi connectivity index (χ2v) is 3.42. The molecule has 2 N–H and O–H groups in total. The van der Waals surface area contributed by atoms with Crippen LogP contribution in [-0.2, 0) is 4.74 Å². The molecule has 0 saturated carbocycles. The van der Waals surface area contributed by atoms with Crippen LogP contribution < -0.4 is 5.73 Å². The SMILES string of the molecule is COC(=O)c1c(Cl)ccc(C(N)=O)c1Cl. The molecule has 0 radical (unpaired) electrons. The topological polar surface area (TPSA) is 69.4 Å². The molecule has 1 rings (SSSR count). The molecule has 0 unspecified atom stereocenters. The van der Waals surface area contributed by atoms with Crippen molar-refractivity contribution in [2.75, 3.05) is 7.11 Å². The molecule has 4 nitrogen and oxygen atoms in total. The molecule has 0 aliphatic heterocycles. The van der Waals surface area contributed by atoms with Gasteiger partial charge in [-0.1, -0.05) is 23.2 Å². The highest BCUT2D eigenvalue weighted by Gasteiger charge is 2.20. The fourth-order valence-electron chi connectivity index (χ4n) is 1.03. The molecular weight excluding hydrogens is 241 g/mol. The Morgan fingerprint density at radius 2 is 1.93 bits per heavy atom. The van der Waals surface area contributed by atoms with E-state index in [4.69, 9.17) is 28.9 Å². The number of benzene rings is 1. The molecule has 1 amide bonds. The zero-order valence-electron chi connectivity index (χ0n) is 7.71. The van der Waals surface area contributed by atoms with Crippen molar-refractivity contribution in [2.45, 2.75) is 0 Å². The van der Waals surface area contributed by atoms with Gasteiger partial charge in [0.15, 0.2) is 0 Å². The summed E-state index contributed by atoms with van der Waals surface area (Å²) < 4.78 is 4.47. The van der Waals surface area contributed by atoms with E-state index in [0.717, 1.165) is 0 Å². The van der Waals surface area contributed by atoms with Gasteiger partial charge in [0.2, 0.25) is 5.91 Å². The largest absolute Gasteiger partial charge is 0.465 e. The summed E-state index contributed by atoms with van der Waals surface area (Å²) >= 11 is 11.5. The molecule has 6 heteroatoms. The Balaban J connectivity index is 3.43. The zero-order chi connectivity index (χ0) is 11.6. The number of hydrogen-bond acceptors (Lipinski definition) is 3. The number of methoxy groups -OCH3 is 1.